The number of rotatable bonds is 4. The molecule has 0 fully saturated rings. The molecule has 3 nitrogen and oxygen atoms in total. The third-order valence-electron chi connectivity index (χ3n) is 3.53. The van der Waals surface area contributed by atoms with Crippen LogP contribution >= 0.6 is 11.8 Å². The van der Waals surface area contributed by atoms with Gasteiger partial charge in [0.1, 0.15) is 0 Å². The first-order chi connectivity index (χ1) is 10.0. The summed E-state index contributed by atoms with van der Waals surface area (Å²) >= 11 is 1.71. The van der Waals surface area contributed by atoms with Gasteiger partial charge in [0.05, 0.1) is 0 Å². The van der Waals surface area contributed by atoms with Gasteiger partial charge in [-0.05, 0) is 48.6 Å². The largest absolute Gasteiger partial charge is 0.398 e. The first-order valence-electron chi connectivity index (χ1n) is 6.76. The average molecular weight is 300 g/mol. The second-order valence-corrected chi connectivity index (χ2v) is 5.91. The first-order valence-corrected chi connectivity index (χ1v) is 7.99. The molecule has 21 heavy (non-hydrogen) atoms. The predicted octanol–water partition coefficient (Wildman–Crippen LogP) is 3.57. The summed E-state index contributed by atoms with van der Waals surface area (Å²) in [6.07, 6.45) is 2.05. The van der Waals surface area contributed by atoms with Gasteiger partial charge in [-0.2, -0.15) is 0 Å². The normalized spacial score (nSPS) is 10.4. The molecular weight excluding hydrogens is 280 g/mol. The van der Waals surface area contributed by atoms with E-state index < -0.39 is 0 Å². The van der Waals surface area contributed by atoms with E-state index in [0.717, 1.165) is 11.1 Å². The van der Waals surface area contributed by atoms with Crippen molar-refractivity contribution in [3.8, 4) is 0 Å². The molecule has 0 atom stereocenters. The van der Waals surface area contributed by atoms with E-state index in [1.54, 1.807) is 16.7 Å². The predicted molar refractivity (Wildman–Crippen MR) is 89.6 cm³/mol. The highest BCUT2D eigenvalue weighted by Gasteiger charge is 2.15. The Morgan fingerprint density at radius 3 is 2.48 bits per heavy atom. The molecule has 2 rings (SSSR count). The number of amides is 1. The Kier molecular flexibility index (Phi) is 4.91. The summed E-state index contributed by atoms with van der Waals surface area (Å²) in [5.74, 6) is -0.00579. The third kappa shape index (κ3) is 3.58. The second kappa shape index (κ2) is 6.68. The summed E-state index contributed by atoms with van der Waals surface area (Å²) in [6.45, 7) is 2.46. The Morgan fingerprint density at radius 2 is 1.86 bits per heavy atom. The molecule has 0 aliphatic heterocycles. The molecule has 0 aliphatic rings. The number of thioether (sulfide) groups is 1. The Morgan fingerprint density at radius 1 is 1.19 bits per heavy atom. The minimum Gasteiger partial charge on any atom is -0.398 e. The molecule has 110 valence electrons. The van der Waals surface area contributed by atoms with E-state index in [-0.39, 0.29) is 5.91 Å². The number of benzene rings is 2. The summed E-state index contributed by atoms with van der Waals surface area (Å²) in [6, 6.07) is 13.7. The Balaban J connectivity index is 2.13. The molecule has 2 aromatic rings. The lowest BCUT2D eigenvalue weighted by Gasteiger charge is -2.19. The van der Waals surface area contributed by atoms with E-state index in [4.69, 9.17) is 5.73 Å². The summed E-state index contributed by atoms with van der Waals surface area (Å²) in [7, 11) is 1.81. The maximum absolute atomic E-state index is 12.5. The molecule has 2 N–H and O–H groups in total. The molecule has 0 radical (unpaired) electrons. The molecule has 0 unspecified atom stereocenters. The summed E-state index contributed by atoms with van der Waals surface area (Å²) < 4.78 is 0. The van der Waals surface area contributed by atoms with Gasteiger partial charge < -0.3 is 10.6 Å². The monoisotopic (exact) mass is 300 g/mol. The van der Waals surface area contributed by atoms with E-state index in [1.165, 1.54) is 4.90 Å². The lowest BCUT2D eigenvalue weighted by molar-refractivity contribution is 0.0784. The van der Waals surface area contributed by atoms with Crippen molar-refractivity contribution in [2.24, 2.45) is 0 Å². The van der Waals surface area contributed by atoms with Crippen molar-refractivity contribution in [2.75, 3.05) is 19.0 Å². The summed E-state index contributed by atoms with van der Waals surface area (Å²) in [4.78, 5) is 15.5. The van der Waals surface area contributed by atoms with Crippen molar-refractivity contribution in [3.05, 3.63) is 59.2 Å². The van der Waals surface area contributed by atoms with Crippen molar-refractivity contribution in [1.29, 1.82) is 0 Å². The van der Waals surface area contributed by atoms with E-state index in [2.05, 4.69) is 24.3 Å². The molecule has 0 aromatic heterocycles. The van der Waals surface area contributed by atoms with Crippen LogP contribution in [0.4, 0.5) is 5.69 Å². The fourth-order valence-corrected chi connectivity index (χ4v) is 2.58. The summed E-state index contributed by atoms with van der Waals surface area (Å²) in [5.41, 5.74) is 9.14. The Hall–Kier alpha value is -1.94. The fraction of sp³-hybridized carbons (Fsp3) is 0.235. The van der Waals surface area contributed by atoms with Crippen LogP contribution in [0.1, 0.15) is 21.5 Å². The van der Waals surface area contributed by atoms with Gasteiger partial charge in [-0.1, -0.05) is 18.2 Å². The number of carbonyl (C=O) groups is 1. The molecule has 0 bridgehead atoms. The van der Waals surface area contributed by atoms with Crippen LogP contribution in [0.25, 0.3) is 0 Å². The highest BCUT2D eigenvalue weighted by molar-refractivity contribution is 7.98. The average Bonchev–Trinajstić information content (AvgIpc) is 2.50. The zero-order chi connectivity index (χ0) is 15.4. The van der Waals surface area contributed by atoms with Crippen molar-refractivity contribution in [2.45, 2.75) is 18.4 Å². The molecule has 1 amide bonds. The van der Waals surface area contributed by atoms with Crippen LogP contribution in [0.2, 0.25) is 0 Å². The minimum absolute atomic E-state index is 0.00579. The van der Waals surface area contributed by atoms with Gasteiger partial charge >= 0.3 is 0 Å². The van der Waals surface area contributed by atoms with Crippen molar-refractivity contribution in [1.82, 2.24) is 4.90 Å². The highest BCUT2D eigenvalue weighted by Crippen LogP contribution is 2.19. The van der Waals surface area contributed by atoms with E-state index in [0.29, 0.717) is 17.8 Å². The van der Waals surface area contributed by atoms with Crippen LogP contribution < -0.4 is 5.73 Å². The number of nitrogens with two attached hydrogens (primary N) is 1. The lowest BCUT2D eigenvalue weighted by atomic mass is 10.1. The number of nitrogen functional groups attached to an aromatic ring is 1. The van der Waals surface area contributed by atoms with Crippen LogP contribution in [0.3, 0.4) is 0 Å². The van der Waals surface area contributed by atoms with Gasteiger partial charge in [0.2, 0.25) is 0 Å². The fourth-order valence-electron chi connectivity index (χ4n) is 2.17. The summed E-state index contributed by atoms with van der Waals surface area (Å²) in [5, 5.41) is 0. The number of hydrogen-bond acceptors (Lipinski definition) is 3. The van der Waals surface area contributed by atoms with E-state index in [9.17, 15) is 4.79 Å². The second-order valence-electron chi connectivity index (χ2n) is 5.03. The molecule has 0 heterocycles. The topological polar surface area (TPSA) is 46.3 Å². The van der Waals surface area contributed by atoms with Crippen molar-refractivity contribution >= 4 is 23.4 Å². The van der Waals surface area contributed by atoms with Crippen LogP contribution in [-0.4, -0.2) is 24.1 Å². The highest BCUT2D eigenvalue weighted by atomic mass is 32.2. The zero-order valence-corrected chi connectivity index (χ0v) is 13.4. The molecule has 0 saturated carbocycles. The van der Waals surface area contributed by atoms with E-state index in [1.807, 2.05) is 38.4 Å². The molecular formula is C17H20N2OS. The third-order valence-corrected chi connectivity index (χ3v) is 4.28. The van der Waals surface area contributed by atoms with Crippen LogP contribution in [0.5, 0.6) is 0 Å². The molecule has 0 spiro atoms. The van der Waals surface area contributed by atoms with E-state index >= 15 is 0 Å². The molecule has 2 aromatic carbocycles. The van der Waals surface area contributed by atoms with Gasteiger partial charge in [-0.25, -0.2) is 0 Å². The molecule has 0 aliphatic carbocycles. The number of hydrogen-bond donors (Lipinski definition) is 1. The van der Waals surface area contributed by atoms with Crippen LogP contribution in [-0.2, 0) is 6.54 Å². The maximum Gasteiger partial charge on any atom is 0.254 e. The SMILES string of the molecule is CSc1ccc(CN(C)C(=O)c2cccc(N)c2C)cc1. The van der Waals surface area contributed by atoms with Gasteiger partial charge in [-0.3, -0.25) is 4.79 Å². The molecule has 0 saturated heterocycles. The first kappa shape index (κ1) is 15.4. The standard InChI is InChI=1S/C17H20N2OS/c1-12-15(5-4-6-16(12)18)17(20)19(2)11-13-7-9-14(21-3)10-8-13/h4-10H,11,18H2,1-3H3. The molecule has 4 heteroatoms. The number of nitrogens with zero attached hydrogens (tertiary/aromatic N) is 1. The number of anilines is 1. The van der Waals surface area contributed by atoms with Crippen LogP contribution in [0.15, 0.2) is 47.4 Å². The minimum atomic E-state index is -0.00579. The Labute approximate surface area is 130 Å². The zero-order valence-electron chi connectivity index (χ0n) is 12.6. The Bertz CT molecular complexity index is 638. The lowest BCUT2D eigenvalue weighted by Crippen LogP contribution is -2.27. The van der Waals surface area contributed by atoms with Gasteiger partial charge in [-0.15, -0.1) is 11.8 Å². The van der Waals surface area contributed by atoms with Crippen molar-refractivity contribution < 1.29 is 4.79 Å². The quantitative estimate of drug-likeness (QED) is 0.693. The van der Waals surface area contributed by atoms with Gasteiger partial charge in [0, 0.05) is 29.7 Å². The van der Waals surface area contributed by atoms with Gasteiger partial charge in [0.15, 0.2) is 0 Å². The number of carbonyl (C=O) groups excluding carboxylic acids is 1. The maximum atomic E-state index is 12.5. The smallest absolute Gasteiger partial charge is 0.254 e. The van der Waals surface area contributed by atoms with Gasteiger partial charge in [0.25, 0.3) is 5.91 Å². The van der Waals surface area contributed by atoms with Crippen molar-refractivity contribution in [3.63, 3.8) is 0 Å². The van der Waals surface area contributed by atoms with Crippen LogP contribution in [0, 0.1) is 6.92 Å².